The molecule has 0 fully saturated rings. The van der Waals surface area contributed by atoms with Crippen LogP contribution in [0.25, 0.3) is 0 Å². The monoisotopic (exact) mass is 247 g/mol. The van der Waals surface area contributed by atoms with E-state index in [-0.39, 0.29) is 5.91 Å². The van der Waals surface area contributed by atoms with Crippen molar-refractivity contribution in [3.63, 3.8) is 0 Å². The van der Waals surface area contributed by atoms with E-state index >= 15 is 0 Å². The Bertz CT molecular complexity index is 229. The van der Waals surface area contributed by atoms with Gasteiger partial charge in [-0.1, -0.05) is 13.8 Å². The van der Waals surface area contributed by atoms with E-state index in [0.29, 0.717) is 11.7 Å². The van der Waals surface area contributed by atoms with Crippen molar-refractivity contribution in [3.05, 3.63) is 0 Å². The molecule has 0 aliphatic carbocycles. The number of rotatable bonds is 8. The molecule has 16 heavy (non-hydrogen) atoms. The largest absolute Gasteiger partial charge is 0.480 e. The van der Waals surface area contributed by atoms with Gasteiger partial charge in [0.15, 0.2) is 0 Å². The third-order valence-corrected chi connectivity index (χ3v) is 3.96. The van der Waals surface area contributed by atoms with Crippen LogP contribution in [0, 0.1) is 0 Å². The minimum atomic E-state index is -0.958. The highest BCUT2D eigenvalue weighted by molar-refractivity contribution is 7.99. The highest BCUT2D eigenvalue weighted by atomic mass is 32.2. The minimum absolute atomic E-state index is 0.292. The predicted molar refractivity (Wildman–Crippen MR) is 66.7 cm³/mol. The molecule has 5 heteroatoms. The molecule has 0 aliphatic heterocycles. The number of hydrogen-bond donors (Lipinski definition) is 2. The summed E-state index contributed by atoms with van der Waals surface area (Å²) in [4.78, 5) is 21.6. The fourth-order valence-corrected chi connectivity index (χ4v) is 2.56. The van der Waals surface area contributed by atoms with Crippen LogP contribution in [0.1, 0.15) is 40.0 Å². The second kappa shape index (κ2) is 8.44. The molecule has 0 bridgehead atoms. The van der Waals surface area contributed by atoms with E-state index in [1.165, 1.54) is 6.92 Å². The van der Waals surface area contributed by atoms with Crippen molar-refractivity contribution in [2.75, 3.05) is 5.75 Å². The molecular formula is C11H21NO3S. The van der Waals surface area contributed by atoms with Gasteiger partial charge in [-0.2, -0.15) is 11.8 Å². The molecule has 4 nitrogen and oxygen atoms in total. The number of aliphatic carboxylic acids is 1. The maximum absolute atomic E-state index is 10.8. The van der Waals surface area contributed by atoms with Crippen LogP contribution in [0.2, 0.25) is 0 Å². The van der Waals surface area contributed by atoms with Gasteiger partial charge in [0.2, 0.25) is 5.91 Å². The molecule has 0 saturated carbocycles. The molecule has 0 rings (SSSR count). The summed E-state index contributed by atoms with van der Waals surface area (Å²) in [6, 6.07) is -0.751. The van der Waals surface area contributed by atoms with Gasteiger partial charge >= 0.3 is 5.97 Å². The number of carbonyl (C=O) groups excluding carboxylic acids is 1. The summed E-state index contributed by atoms with van der Waals surface area (Å²) in [7, 11) is 0. The van der Waals surface area contributed by atoms with E-state index in [0.717, 1.165) is 18.6 Å². The number of carbonyl (C=O) groups is 2. The van der Waals surface area contributed by atoms with Crippen molar-refractivity contribution in [1.82, 2.24) is 5.32 Å². The third kappa shape index (κ3) is 6.71. The Balaban J connectivity index is 3.93. The molecule has 0 aromatic rings. The number of hydrogen-bond acceptors (Lipinski definition) is 3. The highest BCUT2D eigenvalue weighted by Crippen LogP contribution is 2.19. The van der Waals surface area contributed by atoms with Gasteiger partial charge in [0, 0.05) is 12.2 Å². The fraction of sp³-hybridized carbons (Fsp3) is 0.818. The normalized spacial score (nSPS) is 12.5. The summed E-state index contributed by atoms with van der Waals surface area (Å²) >= 11 is 1.78. The molecule has 94 valence electrons. The van der Waals surface area contributed by atoms with E-state index in [4.69, 9.17) is 5.11 Å². The average molecular weight is 247 g/mol. The second-order valence-electron chi connectivity index (χ2n) is 3.69. The van der Waals surface area contributed by atoms with E-state index in [2.05, 4.69) is 19.2 Å². The van der Waals surface area contributed by atoms with Crippen LogP contribution in [-0.2, 0) is 9.59 Å². The lowest BCUT2D eigenvalue weighted by Gasteiger charge is -2.15. The Kier molecular flexibility index (Phi) is 8.07. The van der Waals surface area contributed by atoms with Crippen molar-refractivity contribution in [3.8, 4) is 0 Å². The van der Waals surface area contributed by atoms with Crippen LogP contribution < -0.4 is 5.32 Å². The average Bonchev–Trinajstić information content (AvgIpc) is 2.22. The number of carboxylic acid groups (broad SMARTS) is 1. The van der Waals surface area contributed by atoms with Crippen LogP contribution >= 0.6 is 11.8 Å². The standard InChI is InChI=1S/C11H21NO3S/c1-4-9(5-2)16-7-6-10(11(14)15)12-8(3)13/h9-10H,4-7H2,1-3H3,(H,12,13)(H,14,15). The Hall–Kier alpha value is -0.710. The molecular weight excluding hydrogens is 226 g/mol. The molecule has 0 aliphatic rings. The second-order valence-corrected chi connectivity index (χ2v) is 5.10. The number of carboxylic acids is 1. The summed E-state index contributed by atoms with van der Waals surface area (Å²) in [6.07, 6.45) is 2.67. The van der Waals surface area contributed by atoms with Crippen molar-refractivity contribution < 1.29 is 14.7 Å². The fourth-order valence-electron chi connectivity index (χ4n) is 1.38. The molecule has 0 spiro atoms. The molecule has 0 aromatic carbocycles. The summed E-state index contributed by atoms with van der Waals surface area (Å²) in [6.45, 7) is 5.59. The molecule has 1 unspecified atom stereocenters. The molecule has 1 atom stereocenters. The van der Waals surface area contributed by atoms with Crippen LogP contribution in [0.15, 0.2) is 0 Å². The first-order valence-electron chi connectivity index (χ1n) is 5.62. The summed E-state index contributed by atoms with van der Waals surface area (Å²) < 4.78 is 0. The number of nitrogens with one attached hydrogen (secondary N) is 1. The number of amides is 1. The zero-order chi connectivity index (χ0) is 12.6. The van der Waals surface area contributed by atoms with Gasteiger partial charge in [0.1, 0.15) is 6.04 Å². The summed E-state index contributed by atoms with van der Waals surface area (Å²) in [5, 5.41) is 11.9. The lowest BCUT2D eigenvalue weighted by Crippen LogP contribution is -2.40. The lowest BCUT2D eigenvalue weighted by molar-refractivity contribution is -0.141. The van der Waals surface area contributed by atoms with E-state index in [1.807, 2.05) is 0 Å². The topological polar surface area (TPSA) is 66.4 Å². The van der Waals surface area contributed by atoms with Crippen molar-refractivity contribution >= 4 is 23.6 Å². The molecule has 0 heterocycles. The third-order valence-electron chi connectivity index (χ3n) is 2.35. The zero-order valence-electron chi connectivity index (χ0n) is 10.2. The van der Waals surface area contributed by atoms with E-state index < -0.39 is 12.0 Å². The van der Waals surface area contributed by atoms with Crippen molar-refractivity contribution in [2.45, 2.75) is 51.3 Å². The van der Waals surface area contributed by atoms with Crippen molar-refractivity contribution in [2.24, 2.45) is 0 Å². The Morgan fingerprint density at radius 1 is 1.31 bits per heavy atom. The first-order chi connectivity index (χ1) is 7.51. The first kappa shape index (κ1) is 15.3. The maximum atomic E-state index is 10.8. The molecule has 0 aromatic heterocycles. The highest BCUT2D eigenvalue weighted by Gasteiger charge is 2.18. The lowest BCUT2D eigenvalue weighted by atomic mass is 10.2. The van der Waals surface area contributed by atoms with Gasteiger partial charge < -0.3 is 10.4 Å². The van der Waals surface area contributed by atoms with Gasteiger partial charge in [-0.3, -0.25) is 4.79 Å². The predicted octanol–water partition coefficient (Wildman–Crippen LogP) is 1.89. The van der Waals surface area contributed by atoms with Gasteiger partial charge in [-0.15, -0.1) is 0 Å². The molecule has 0 radical (unpaired) electrons. The Morgan fingerprint density at radius 3 is 2.25 bits per heavy atom. The molecule has 2 N–H and O–H groups in total. The molecule has 0 saturated heterocycles. The van der Waals surface area contributed by atoms with E-state index in [1.54, 1.807) is 11.8 Å². The van der Waals surface area contributed by atoms with Crippen LogP contribution in [0.3, 0.4) is 0 Å². The van der Waals surface area contributed by atoms with Crippen LogP contribution in [-0.4, -0.2) is 34.0 Å². The van der Waals surface area contributed by atoms with Gasteiger partial charge in [-0.05, 0) is 25.0 Å². The van der Waals surface area contributed by atoms with Crippen LogP contribution in [0.4, 0.5) is 0 Å². The van der Waals surface area contributed by atoms with Gasteiger partial charge in [0.25, 0.3) is 0 Å². The quantitative estimate of drug-likeness (QED) is 0.687. The van der Waals surface area contributed by atoms with Crippen molar-refractivity contribution in [1.29, 1.82) is 0 Å². The first-order valence-corrected chi connectivity index (χ1v) is 6.67. The Morgan fingerprint density at radius 2 is 1.88 bits per heavy atom. The van der Waals surface area contributed by atoms with Crippen LogP contribution in [0.5, 0.6) is 0 Å². The van der Waals surface area contributed by atoms with Gasteiger partial charge in [0.05, 0.1) is 0 Å². The summed E-state index contributed by atoms with van der Waals surface area (Å²) in [5.74, 6) is -0.482. The summed E-state index contributed by atoms with van der Waals surface area (Å²) in [5.41, 5.74) is 0. The smallest absolute Gasteiger partial charge is 0.326 e. The number of thioether (sulfide) groups is 1. The van der Waals surface area contributed by atoms with Gasteiger partial charge in [-0.25, -0.2) is 4.79 Å². The van der Waals surface area contributed by atoms with E-state index in [9.17, 15) is 9.59 Å². The molecule has 1 amide bonds. The SMILES string of the molecule is CCC(CC)SCCC(NC(C)=O)C(=O)O. The Labute approximate surface area is 101 Å². The minimum Gasteiger partial charge on any atom is -0.480 e. The zero-order valence-corrected chi connectivity index (χ0v) is 11.0. The maximum Gasteiger partial charge on any atom is 0.326 e.